The lowest BCUT2D eigenvalue weighted by molar-refractivity contribution is 0.0601. The number of halogens is 1. The van der Waals surface area contributed by atoms with E-state index in [9.17, 15) is 4.79 Å². The second-order valence-corrected chi connectivity index (χ2v) is 4.65. The number of nitrogens with two attached hydrogens (primary N) is 1. The van der Waals surface area contributed by atoms with Crippen LogP contribution in [0, 0.1) is 0 Å². The number of methoxy groups -OCH3 is 1. The van der Waals surface area contributed by atoms with E-state index in [-0.39, 0.29) is 0 Å². The molecular weight excluding hydrogens is 312 g/mol. The summed E-state index contributed by atoms with van der Waals surface area (Å²) in [5.74, 6) is -0.0142. The van der Waals surface area contributed by atoms with Crippen LogP contribution in [-0.4, -0.2) is 27.4 Å². The predicted molar refractivity (Wildman–Crippen MR) is 73.9 cm³/mol. The van der Waals surface area contributed by atoms with E-state index in [1.54, 1.807) is 28.8 Å². The number of benzene rings is 1. The number of hydrogen-bond acceptors (Lipinski definition) is 5. The number of hydrogen-bond donors (Lipinski definition) is 1. The topological polar surface area (TPSA) is 82.5 Å². The molecule has 19 heavy (non-hydrogen) atoms. The summed E-state index contributed by atoms with van der Waals surface area (Å²) in [5.41, 5.74) is 8.41. The maximum absolute atomic E-state index is 11.6. The number of imidazole rings is 1. The molecule has 0 fully saturated rings. The molecule has 3 rings (SSSR count). The van der Waals surface area contributed by atoms with Crippen LogP contribution in [0.3, 0.4) is 0 Å². The molecule has 96 valence electrons. The minimum atomic E-state index is -0.400. The van der Waals surface area contributed by atoms with Gasteiger partial charge in [-0.3, -0.25) is 4.40 Å². The summed E-state index contributed by atoms with van der Waals surface area (Å²) in [4.78, 5) is 20.0. The van der Waals surface area contributed by atoms with Crippen LogP contribution in [0.2, 0.25) is 0 Å². The molecule has 0 amide bonds. The minimum absolute atomic E-state index is 0.386. The largest absolute Gasteiger partial charge is 0.465 e. The van der Waals surface area contributed by atoms with Crippen LogP contribution in [0.15, 0.2) is 29.1 Å². The van der Waals surface area contributed by atoms with Gasteiger partial charge >= 0.3 is 5.97 Å². The summed E-state index contributed by atoms with van der Waals surface area (Å²) in [5, 5.41) is 0. The zero-order chi connectivity index (χ0) is 13.6. The molecule has 0 unspecified atom stereocenters. The summed E-state index contributed by atoms with van der Waals surface area (Å²) in [6.45, 7) is 0. The number of nitrogens with zero attached hydrogens (tertiary/aromatic N) is 3. The Bertz CT molecular complexity index is 812. The molecule has 0 bridgehead atoms. The molecule has 2 N–H and O–H groups in total. The molecule has 6 nitrogen and oxygen atoms in total. The predicted octanol–water partition coefficient (Wildman–Crippen LogP) is 2.01. The summed E-state index contributed by atoms with van der Waals surface area (Å²) < 4.78 is 7.11. The first-order valence-corrected chi connectivity index (χ1v) is 6.21. The zero-order valence-corrected chi connectivity index (χ0v) is 11.5. The monoisotopic (exact) mass is 320 g/mol. The van der Waals surface area contributed by atoms with Crippen molar-refractivity contribution in [2.24, 2.45) is 0 Å². The van der Waals surface area contributed by atoms with Crippen molar-refractivity contribution in [2.45, 2.75) is 0 Å². The van der Waals surface area contributed by atoms with Crippen molar-refractivity contribution >= 4 is 44.3 Å². The van der Waals surface area contributed by atoms with Crippen molar-refractivity contribution < 1.29 is 9.53 Å². The highest BCUT2D eigenvalue weighted by Crippen LogP contribution is 2.24. The number of anilines is 1. The Hall–Kier alpha value is -2.15. The van der Waals surface area contributed by atoms with E-state index in [2.05, 4.69) is 25.9 Å². The van der Waals surface area contributed by atoms with Crippen LogP contribution >= 0.6 is 15.9 Å². The molecule has 0 aliphatic carbocycles. The van der Waals surface area contributed by atoms with E-state index >= 15 is 0 Å². The Balaban J connectivity index is 2.43. The van der Waals surface area contributed by atoms with E-state index in [4.69, 9.17) is 10.5 Å². The van der Waals surface area contributed by atoms with Crippen molar-refractivity contribution in [3.8, 4) is 0 Å². The number of fused-ring (bicyclic) bond motifs is 3. The zero-order valence-electron chi connectivity index (χ0n) is 9.92. The number of carbonyl (C=O) groups excluding carboxylic acids is 1. The molecule has 7 heteroatoms. The third kappa shape index (κ3) is 1.74. The second-order valence-electron chi connectivity index (χ2n) is 3.94. The lowest BCUT2D eigenvalue weighted by Gasteiger charge is -2.07. The normalized spacial score (nSPS) is 11.1. The fraction of sp³-hybridized carbons (Fsp3) is 0.0833. The number of aromatic nitrogens is 3. The van der Waals surface area contributed by atoms with Gasteiger partial charge < -0.3 is 10.5 Å². The highest BCUT2D eigenvalue weighted by atomic mass is 79.9. The molecule has 0 spiro atoms. The van der Waals surface area contributed by atoms with Gasteiger partial charge in [0.25, 0.3) is 0 Å². The Morgan fingerprint density at radius 2 is 2.21 bits per heavy atom. The number of carbonyl (C=O) groups is 1. The Kier molecular flexibility index (Phi) is 2.63. The molecule has 0 aliphatic rings. The summed E-state index contributed by atoms with van der Waals surface area (Å²) >= 11 is 3.35. The van der Waals surface area contributed by atoms with Gasteiger partial charge in [-0.1, -0.05) is 0 Å². The maximum atomic E-state index is 11.6. The van der Waals surface area contributed by atoms with Crippen molar-refractivity contribution in [3.63, 3.8) is 0 Å². The van der Waals surface area contributed by atoms with Crippen LogP contribution in [0.25, 0.3) is 16.6 Å². The average Bonchev–Trinajstić information content (AvgIpc) is 2.81. The first-order chi connectivity index (χ1) is 9.11. The van der Waals surface area contributed by atoms with Crippen molar-refractivity contribution in [3.05, 3.63) is 34.7 Å². The van der Waals surface area contributed by atoms with Gasteiger partial charge in [-0.15, -0.1) is 0 Å². The third-order valence-electron chi connectivity index (χ3n) is 2.86. The molecule has 2 heterocycles. The van der Waals surface area contributed by atoms with Crippen molar-refractivity contribution in [1.82, 2.24) is 14.4 Å². The van der Waals surface area contributed by atoms with Gasteiger partial charge in [-0.2, -0.15) is 0 Å². The average molecular weight is 321 g/mol. The molecule has 0 aliphatic heterocycles. The quantitative estimate of drug-likeness (QED) is 0.693. The number of rotatable bonds is 1. The van der Waals surface area contributed by atoms with Gasteiger partial charge in [0.2, 0.25) is 0 Å². The first-order valence-electron chi connectivity index (χ1n) is 5.42. The Morgan fingerprint density at radius 1 is 1.42 bits per heavy atom. The van der Waals surface area contributed by atoms with Gasteiger partial charge in [0.15, 0.2) is 4.73 Å². The maximum Gasteiger partial charge on any atom is 0.337 e. The van der Waals surface area contributed by atoms with Gasteiger partial charge in [0.1, 0.15) is 11.3 Å². The van der Waals surface area contributed by atoms with Gasteiger partial charge in [0, 0.05) is 0 Å². The molecule has 0 saturated heterocycles. The van der Waals surface area contributed by atoms with E-state index in [0.717, 1.165) is 5.52 Å². The Labute approximate surface area is 116 Å². The molecule has 0 atom stereocenters. The van der Waals surface area contributed by atoms with Crippen LogP contribution in [-0.2, 0) is 4.74 Å². The van der Waals surface area contributed by atoms with Crippen LogP contribution < -0.4 is 5.73 Å². The van der Waals surface area contributed by atoms with Gasteiger partial charge in [-0.05, 0) is 34.1 Å². The molecule has 2 aromatic heterocycles. The molecule has 3 aromatic rings. The standard InChI is InChI=1S/C12H9BrN4O2/c1-19-11(18)6-2-3-7-8(4-6)17-9(10(14)16-7)5-15-12(17)13/h2-5H,1H3,(H2,14,16). The summed E-state index contributed by atoms with van der Waals surface area (Å²) in [7, 11) is 1.34. The fourth-order valence-electron chi connectivity index (χ4n) is 1.97. The lowest BCUT2D eigenvalue weighted by atomic mass is 10.2. The minimum Gasteiger partial charge on any atom is -0.465 e. The number of ether oxygens (including phenoxy) is 1. The molecule has 0 saturated carbocycles. The van der Waals surface area contributed by atoms with Crippen LogP contribution in [0.4, 0.5) is 5.82 Å². The number of esters is 1. The first kappa shape index (κ1) is 11.9. The van der Waals surface area contributed by atoms with Crippen molar-refractivity contribution in [1.29, 1.82) is 0 Å². The SMILES string of the molecule is COC(=O)c1ccc2nc(N)c3cnc(Br)n3c2c1. The lowest BCUT2D eigenvalue weighted by Crippen LogP contribution is -2.03. The number of nitrogen functional groups attached to an aromatic ring is 1. The molecule has 1 aromatic carbocycles. The summed E-state index contributed by atoms with van der Waals surface area (Å²) in [6.07, 6.45) is 1.62. The van der Waals surface area contributed by atoms with Crippen LogP contribution in [0.1, 0.15) is 10.4 Å². The van der Waals surface area contributed by atoms with Crippen LogP contribution in [0.5, 0.6) is 0 Å². The van der Waals surface area contributed by atoms with E-state index in [1.807, 2.05) is 0 Å². The van der Waals surface area contributed by atoms with E-state index in [0.29, 0.717) is 27.1 Å². The smallest absolute Gasteiger partial charge is 0.337 e. The van der Waals surface area contributed by atoms with E-state index in [1.165, 1.54) is 7.11 Å². The highest BCUT2D eigenvalue weighted by Gasteiger charge is 2.13. The van der Waals surface area contributed by atoms with Crippen molar-refractivity contribution in [2.75, 3.05) is 12.8 Å². The third-order valence-corrected chi connectivity index (χ3v) is 3.42. The molecular formula is C12H9BrN4O2. The second kappa shape index (κ2) is 4.20. The van der Waals surface area contributed by atoms with E-state index < -0.39 is 5.97 Å². The summed E-state index contributed by atoms with van der Waals surface area (Å²) in [6, 6.07) is 5.08. The highest BCUT2D eigenvalue weighted by molar-refractivity contribution is 9.10. The van der Waals surface area contributed by atoms with Gasteiger partial charge in [0.05, 0.1) is 29.9 Å². The van der Waals surface area contributed by atoms with Gasteiger partial charge in [-0.25, -0.2) is 14.8 Å². The molecule has 0 radical (unpaired) electrons. The fourth-order valence-corrected chi connectivity index (χ4v) is 2.45. The Morgan fingerprint density at radius 3 is 2.95 bits per heavy atom.